The number of halogens is 4. The van der Waals surface area contributed by atoms with Crippen LogP contribution in [0.3, 0.4) is 0 Å². The van der Waals surface area contributed by atoms with Crippen LogP contribution in [0, 0.1) is 0 Å². The molecule has 0 atom stereocenters. The first-order valence-electron chi connectivity index (χ1n) is 10.5. The fourth-order valence-electron chi connectivity index (χ4n) is 3.43. The van der Waals surface area contributed by atoms with Gasteiger partial charge in [0.05, 0.1) is 5.39 Å². The summed E-state index contributed by atoms with van der Waals surface area (Å²) in [5.74, 6) is -1.97. The SMILES string of the molecule is CC(C)c1ccccc1Oc1c(C(F)(F)F)oc2cc(OCc3ccc(Br)cc3)ccc2c1=O. The van der Waals surface area contributed by atoms with E-state index in [2.05, 4.69) is 15.9 Å². The Kier molecular flexibility index (Phi) is 6.70. The van der Waals surface area contributed by atoms with E-state index in [0.717, 1.165) is 10.0 Å². The lowest BCUT2D eigenvalue weighted by molar-refractivity contribution is -0.154. The lowest BCUT2D eigenvalue weighted by atomic mass is 10.0. The van der Waals surface area contributed by atoms with Crippen molar-refractivity contribution in [3.8, 4) is 17.2 Å². The molecule has 4 aromatic rings. The fraction of sp³-hybridized carbons (Fsp3) is 0.192. The molecular weight excluding hydrogens is 513 g/mol. The Labute approximate surface area is 202 Å². The molecular formula is C26H20BrF3O4. The highest BCUT2D eigenvalue weighted by Crippen LogP contribution is 2.40. The zero-order chi connectivity index (χ0) is 24.5. The summed E-state index contributed by atoms with van der Waals surface area (Å²) < 4.78 is 59.0. The Morgan fingerprint density at radius 1 is 1.00 bits per heavy atom. The van der Waals surface area contributed by atoms with Crippen LogP contribution in [0.5, 0.6) is 17.2 Å². The first-order valence-corrected chi connectivity index (χ1v) is 11.2. The molecule has 3 aromatic carbocycles. The molecule has 34 heavy (non-hydrogen) atoms. The predicted octanol–water partition coefficient (Wildman–Crippen LogP) is 8.07. The Bertz CT molecular complexity index is 1380. The summed E-state index contributed by atoms with van der Waals surface area (Å²) in [4.78, 5) is 13.1. The zero-order valence-electron chi connectivity index (χ0n) is 18.3. The van der Waals surface area contributed by atoms with Gasteiger partial charge in [-0.1, -0.05) is 60.1 Å². The number of ether oxygens (including phenoxy) is 2. The van der Waals surface area contributed by atoms with E-state index in [4.69, 9.17) is 13.9 Å². The number of hydrogen-bond acceptors (Lipinski definition) is 4. The summed E-state index contributed by atoms with van der Waals surface area (Å²) in [6.07, 6.45) is -4.94. The van der Waals surface area contributed by atoms with E-state index in [1.165, 1.54) is 24.3 Å². The molecule has 0 aliphatic carbocycles. The molecule has 4 rings (SSSR count). The largest absolute Gasteiger partial charge is 0.489 e. The summed E-state index contributed by atoms with van der Waals surface area (Å²) in [5.41, 5.74) is 0.391. The van der Waals surface area contributed by atoms with Gasteiger partial charge in [0.1, 0.15) is 23.7 Å². The van der Waals surface area contributed by atoms with Gasteiger partial charge in [-0.2, -0.15) is 13.2 Å². The maximum atomic E-state index is 13.9. The maximum Gasteiger partial charge on any atom is 0.453 e. The predicted molar refractivity (Wildman–Crippen MR) is 127 cm³/mol. The van der Waals surface area contributed by atoms with Crippen molar-refractivity contribution in [2.45, 2.75) is 32.5 Å². The van der Waals surface area contributed by atoms with Crippen LogP contribution in [-0.4, -0.2) is 0 Å². The van der Waals surface area contributed by atoms with Gasteiger partial charge in [0.2, 0.25) is 11.2 Å². The molecule has 0 saturated carbocycles. The first kappa shape index (κ1) is 23.9. The van der Waals surface area contributed by atoms with Crippen molar-refractivity contribution in [1.82, 2.24) is 0 Å². The maximum absolute atomic E-state index is 13.9. The third kappa shape index (κ3) is 5.12. The van der Waals surface area contributed by atoms with E-state index >= 15 is 0 Å². The minimum atomic E-state index is -4.94. The van der Waals surface area contributed by atoms with Gasteiger partial charge in [-0.3, -0.25) is 4.79 Å². The molecule has 0 spiro atoms. The number of benzene rings is 3. The number of fused-ring (bicyclic) bond motifs is 1. The van der Waals surface area contributed by atoms with Crippen molar-refractivity contribution in [2.24, 2.45) is 0 Å². The fourth-order valence-corrected chi connectivity index (χ4v) is 3.70. The van der Waals surface area contributed by atoms with Crippen molar-refractivity contribution in [2.75, 3.05) is 0 Å². The van der Waals surface area contributed by atoms with Crippen molar-refractivity contribution < 1.29 is 27.1 Å². The molecule has 0 radical (unpaired) electrons. The topological polar surface area (TPSA) is 48.7 Å². The normalized spacial score (nSPS) is 11.7. The Morgan fingerprint density at radius 3 is 2.38 bits per heavy atom. The van der Waals surface area contributed by atoms with Gasteiger partial charge < -0.3 is 13.9 Å². The molecule has 0 aliphatic heterocycles. The minimum Gasteiger partial charge on any atom is -0.489 e. The molecule has 1 aromatic heterocycles. The van der Waals surface area contributed by atoms with E-state index in [1.54, 1.807) is 18.2 Å². The zero-order valence-corrected chi connectivity index (χ0v) is 19.9. The Morgan fingerprint density at radius 2 is 1.71 bits per heavy atom. The molecule has 0 unspecified atom stereocenters. The number of hydrogen-bond donors (Lipinski definition) is 0. The summed E-state index contributed by atoms with van der Waals surface area (Å²) >= 11 is 3.35. The van der Waals surface area contributed by atoms with Gasteiger partial charge >= 0.3 is 6.18 Å². The average Bonchev–Trinajstić information content (AvgIpc) is 2.79. The number of para-hydroxylation sites is 1. The van der Waals surface area contributed by atoms with E-state index in [9.17, 15) is 18.0 Å². The van der Waals surface area contributed by atoms with Gasteiger partial charge in [-0.05, 0) is 47.4 Å². The van der Waals surface area contributed by atoms with Crippen LogP contribution in [0.1, 0.15) is 36.7 Å². The van der Waals surface area contributed by atoms with Crippen LogP contribution in [0.4, 0.5) is 13.2 Å². The van der Waals surface area contributed by atoms with Crippen LogP contribution in [0.15, 0.2) is 80.4 Å². The van der Waals surface area contributed by atoms with E-state index in [-0.39, 0.29) is 35.0 Å². The van der Waals surface area contributed by atoms with E-state index in [1.807, 2.05) is 38.1 Å². The highest BCUT2D eigenvalue weighted by Gasteiger charge is 2.40. The summed E-state index contributed by atoms with van der Waals surface area (Å²) in [6, 6.07) is 18.2. The number of rotatable bonds is 6. The van der Waals surface area contributed by atoms with Crippen LogP contribution >= 0.6 is 15.9 Å². The van der Waals surface area contributed by atoms with Crippen LogP contribution < -0.4 is 14.9 Å². The molecule has 0 aliphatic rings. The lowest BCUT2D eigenvalue weighted by Crippen LogP contribution is -2.16. The van der Waals surface area contributed by atoms with Crippen LogP contribution in [-0.2, 0) is 12.8 Å². The second-order valence-corrected chi connectivity index (χ2v) is 8.87. The van der Waals surface area contributed by atoms with Gasteiger partial charge in [-0.25, -0.2) is 0 Å². The molecule has 4 nitrogen and oxygen atoms in total. The van der Waals surface area contributed by atoms with Gasteiger partial charge in [-0.15, -0.1) is 0 Å². The summed E-state index contributed by atoms with van der Waals surface area (Å²) in [5, 5.41) is -0.0407. The highest BCUT2D eigenvalue weighted by atomic mass is 79.9. The molecule has 0 N–H and O–H groups in total. The third-order valence-electron chi connectivity index (χ3n) is 5.15. The lowest BCUT2D eigenvalue weighted by Gasteiger charge is -2.16. The molecule has 0 fully saturated rings. The van der Waals surface area contributed by atoms with Gasteiger partial charge in [0.25, 0.3) is 5.76 Å². The minimum absolute atomic E-state index is 0.0246. The monoisotopic (exact) mass is 532 g/mol. The first-order chi connectivity index (χ1) is 16.1. The summed E-state index contributed by atoms with van der Waals surface area (Å²) in [7, 11) is 0. The highest BCUT2D eigenvalue weighted by molar-refractivity contribution is 9.10. The van der Waals surface area contributed by atoms with Crippen molar-refractivity contribution in [3.63, 3.8) is 0 Å². The number of alkyl halides is 3. The second-order valence-electron chi connectivity index (χ2n) is 7.95. The van der Waals surface area contributed by atoms with Gasteiger partial charge in [0, 0.05) is 10.5 Å². The third-order valence-corrected chi connectivity index (χ3v) is 5.68. The molecule has 8 heteroatoms. The van der Waals surface area contributed by atoms with E-state index < -0.39 is 23.1 Å². The smallest absolute Gasteiger partial charge is 0.453 e. The quantitative estimate of drug-likeness (QED) is 0.252. The molecule has 0 amide bonds. The summed E-state index contributed by atoms with van der Waals surface area (Å²) in [6.45, 7) is 3.96. The molecule has 176 valence electrons. The average molecular weight is 533 g/mol. The van der Waals surface area contributed by atoms with Crippen LogP contribution in [0.25, 0.3) is 11.0 Å². The van der Waals surface area contributed by atoms with Gasteiger partial charge in [0.15, 0.2) is 0 Å². The molecule has 1 heterocycles. The second kappa shape index (κ2) is 9.54. The van der Waals surface area contributed by atoms with Crippen molar-refractivity contribution >= 4 is 26.9 Å². The van der Waals surface area contributed by atoms with Crippen LogP contribution in [0.2, 0.25) is 0 Å². The molecule has 0 saturated heterocycles. The Hall–Kier alpha value is -3.26. The van der Waals surface area contributed by atoms with Crippen molar-refractivity contribution in [1.29, 1.82) is 0 Å². The van der Waals surface area contributed by atoms with Crippen molar-refractivity contribution in [3.05, 3.63) is 98.3 Å². The molecule has 0 bridgehead atoms. The Balaban J connectivity index is 1.74. The van der Waals surface area contributed by atoms with E-state index in [0.29, 0.717) is 5.56 Å². The standard InChI is InChI=1S/C26H20BrF3O4/c1-15(2)19-5-3-4-6-21(19)33-24-23(31)20-12-11-18(13-22(20)34-25(24)26(28,29)30)32-14-16-7-9-17(27)10-8-16/h3-13,15H,14H2,1-2H3.